The van der Waals surface area contributed by atoms with E-state index in [1.54, 1.807) is 26.0 Å². The van der Waals surface area contributed by atoms with E-state index in [2.05, 4.69) is 20.3 Å². The van der Waals surface area contributed by atoms with Gasteiger partial charge in [-0.15, -0.1) is 0 Å². The highest BCUT2D eigenvalue weighted by atomic mass is 16.6. The van der Waals surface area contributed by atoms with Gasteiger partial charge in [0.05, 0.1) is 16.8 Å². The molecule has 2 aromatic rings. The summed E-state index contributed by atoms with van der Waals surface area (Å²) >= 11 is 0. The predicted molar refractivity (Wildman–Crippen MR) is 67.7 cm³/mol. The van der Waals surface area contributed by atoms with Crippen molar-refractivity contribution in [3.8, 4) is 0 Å². The quantitative estimate of drug-likeness (QED) is 0.687. The molecule has 18 heavy (non-hydrogen) atoms. The van der Waals surface area contributed by atoms with E-state index < -0.39 is 5.41 Å². The van der Waals surface area contributed by atoms with Crippen LogP contribution in [0.3, 0.4) is 0 Å². The lowest BCUT2D eigenvalue weighted by molar-refractivity contribution is -0.125. The summed E-state index contributed by atoms with van der Waals surface area (Å²) in [6, 6.07) is 3.46. The number of carbonyl (C=O) groups excluding carboxylic acids is 1. The molecule has 7 heteroatoms. The summed E-state index contributed by atoms with van der Waals surface area (Å²) < 4.78 is 4.65. The number of nitrogens with two attached hydrogens (primary N) is 2. The van der Waals surface area contributed by atoms with Crippen molar-refractivity contribution in [3.05, 3.63) is 12.1 Å². The summed E-state index contributed by atoms with van der Waals surface area (Å²) in [7, 11) is 0. The fourth-order valence-electron chi connectivity index (χ4n) is 1.43. The van der Waals surface area contributed by atoms with Gasteiger partial charge in [-0.25, -0.2) is 4.63 Å². The third kappa shape index (κ3) is 2.06. The lowest BCUT2D eigenvalue weighted by Crippen LogP contribution is -2.37. The topological polar surface area (TPSA) is 120 Å². The molecule has 0 spiro atoms. The zero-order valence-electron chi connectivity index (χ0n) is 10.2. The average molecular weight is 249 g/mol. The molecule has 0 atom stereocenters. The number of rotatable bonds is 4. The van der Waals surface area contributed by atoms with Gasteiger partial charge in [-0.2, -0.15) is 0 Å². The highest BCUT2D eigenvalue weighted by molar-refractivity contribution is 5.95. The van der Waals surface area contributed by atoms with E-state index in [1.165, 1.54) is 0 Å². The van der Waals surface area contributed by atoms with Gasteiger partial charge in [-0.05, 0) is 36.3 Å². The molecule has 0 aliphatic carbocycles. The molecule has 1 aromatic carbocycles. The fourth-order valence-corrected chi connectivity index (χ4v) is 1.43. The Bertz CT molecular complexity index is 590. The minimum Gasteiger partial charge on any atom is -0.397 e. The summed E-state index contributed by atoms with van der Waals surface area (Å²) in [5.74, 6) is -0.375. The second kappa shape index (κ2) is 4.17. The minimum absolute atomic E-state index is 0.375. The average Bonchev–Trinajstić information content (AvgIpc) is 2.78. The van der Waals surface area contributed by atoms with Crippen LogP contribution in [-0.4, -0.2) is 22.8 Å². The molecule has 0 saturated heterocycles. The lowest BCUT2D eigenvalue weighted by atomic mass is 9.92. The first-order valence-electron chi connectivity index (χ1n) is 5.46. The molecule has 5 N–H and O–H groups in total. The minimum atomic E-state index is -0.662. The van der Waals surface area contributed by atoms with E-state index in [0.29, 0.717) is 29.0 Å². The van der Waals surface area contributed by atoms with Crippen LogP contribution >= 0.6 is 0 Å². The number of fused-ring (bicyclic) bond motifs is 1. The third-order valence-electron chi connectivity index (χ3n) is 2.83. The Kier molecular flexibility index (Phi) is 2.82. The Morgan fingerprint density at radius 1 is 1.39 bits per heavy atom. The second-order valence-electron chi connectivity index (χ2n) is 4.77. The first-order chi connectivity index (χ1) is 8.42. The van der Waals surface area contributed by atoms with Crippen molar-refractivity contribution in [2.75, 3.05) is 17.6 Å². The summed E-state index contributed by atoms with van der Waals surface area (Å²) in [6.45, 7) is 3.91. The number of aromatic nitrogens is 2. The van der Waals surface area contributed by atoms with E-state index in [4.69, 9.17) is 11.5 Å². The molecular formula is C11H15N5O2. The SMILES string of the molecule is CC(C)(CNc1ccc(N)c2nonc12)C(N)=O. The molecule has 1 heterocycles. The first kappa shape index (κ1) is 12.2. The molecule has 0 aliphatic heterocycles. The summed E-state index contributed by atoms with van der Waals surface area (Å²) in [4.78, 5) is 11.2. The van der Waals surface area contributed by atoms with Crippen molar-refractivity contribution >= 4 is 28.3 Å². The van der Waals surface area contributed by atoms with Crippen LogP contribution in [0.1, 0.15) is 13.8 Å². The number of nitrogens with one attached hydrogen (secondary N) is 1. The highest BCUT2D eigenvalue weighted by Crippen LogP contribution is 2.26. The molecule has 0 radical (unpaired) electrons. The van der Waals surface area contributed by atoms with Gasteiger partial charge in [0.1, 0.15) is 0 Å². The zero-order chi connectivity index (χ0) is 13.3. The number of primary amides is 1. The molecule has 0 saturated carbocycles. The fraction of sp³-hybridized carbons (Fsp3) is 0.364. The number of hydrogen-bond donors (Lipinski definition) is 3. The smallest absolute Gasteiger partial charge is 0.224 e. The van der Waals surface area contributed by atoms with Gasteiger partial charge in [0.15, 0.2) is 11.0 Å². The molecule has 1 amide bonds. The van der Waals surface area contributed by atoms with Gasteiger partial charge in [0.2, 0.25) is 5.91 Å². The normalized spacial score (nSPS) is 11.7. The van der Waals surface area contributed by atoms with Crippen molar-refractivity contribution < 1.29 is 9.42 Å². The molecule has 0 aliphatic rings. The number of carbonyl (C=O) groups is 1. The number of nitrogens with zero attached hydrogens (tertiary/aromatic N) is 2. The number of benzene rings is 1. The molecule has 1 aromatic heterocycles. The van der Waals surface area contributed by atoms with Crippen molar-refractivity contribution in [1.82, 2.24) is 10.3 Å². The Hall–Kier alpha value is -2.31. The third-order valence-corrected chi connectivity index (χ3v) is 2.83. The maximum Gasteiger partial charge on any atom is 0.224 e. The van der Waals surface area contributed by atoms with Crippen molar-refractivity contribution in [3.63, 3.8) is 0 Å². The lowest BCUT2D eigenvalue weighted by Gasteiger charge is -2.21. The summed E-state index contributed by atoms with van der Waals surface area (Å²) in [6.07, 6.45) is 0. The maximum atomic E-state index is 11.2. The molecule has 96 valence electrons. The number of hydrogen-bond acceptors (Lipinski definition) is 6. The monoisotopic (exact) mass is 249 g/mol. The first-order valence-corrected chi connectivity index (χ1v) is 5.46. The number of anilines is 2. The zero-order valence-corrected chi connectivity index (χ0v) is 10.2. The van der Waals surface area contributed by atoms with Crippen molar-refractivity contribution in [2.24, 2.45) is 11.1 Å². The van der Waals surface area contributed by atoms with Crippen LogP contribution in [0.15, 0.2) is 16.8 Å². The van der Waals surface area contributed by atoms with Gasteiger partial charge < -0.3 is 16.8 Å². The highest BCUT2D eigenvalue weighted by Gasteiger charge is 2.25. The molecule has 0 bridgehead atoms. The standard InChI is InChI=1S/C11H15N5O2/c1-11(2,10(13)17)5-14-7-4-3-6(12)8-9(7)16-18-15-8/h3-4,14H,5,12H2,1-2H3,(H2,13,17). The molecular weight excluding hydrogens is 234 g/mol. The Morgan fingerprint density at radius 3 is 2.72 bits per heavy atom. The second-order valence-corrected chi connectivity index (χ2v) is 4.77. The Balaban J connectivity index is 2.25. The van der Waals surface area contributed by atoms with Crippen LogP contribution in [0, 0.1) is 5.41 Å². The van der Waals surface area contributed by atoms with Crippen molar-refractivity contribution in [1.29, 1.82) is 0 Å². The van der Waals surface area contributed by atoms with Crippen LogP contribution in [0.25, 0.3) is 11.0 Å². The van der Waals surface area contributed by atoms with Gasteiger partial charge in [0.25, 0.3) is 0 Å². The summed E-state index contributed by atoms with van der Waals surface area (Å²) in [5.41, 5.74) is 12.6. The predicted octanol–water partition coefficient (Wildman–Crippen LogP) is 0.728. The number of nitrogen functional groups attached to an aromatic ring is 1. The van der Waals surface area contributed by atoms with E-state index in [1.807, 2.05) is 0 Å². The van der Waals surface area contributed by atoms with Crippen LogP contribution in [0.2, 0.25) is 0 Å². The van der Waals surface area contributed by atoms with Gasteiger partial charge in [-0.3, -0.25) is 4.79 Å². The van der Waals surface area contributed by atoms with E-state index in [9.17, 15) is 4.79 Å². The van der Waals surface area contributed by atoms with Gasteiger partial charge in [0, 0.05) is 6.54 Å². The Morgan fingerprint density at radius 2 is 2.06 bits per heavy atom. The van der Waals surface area contributed by atoms with E-state index in [-0.39, 0.29) is 5.91 Å². The van der Waals surface area contributed by atoms with Crippen molar-refractivity contribution in [2.45, 2.75) is 13.8 Å². The Labute approximate surface area is 103 Å². The largest absolute Gasteiger partial charge is 0.397 e. The van der Waals surface area contributed by atoms with Crippen LogP contribution in [0.5, 0.6) is 0 Å². The van der Waals surface area contributed by atoms with Crippen LogP contribution in [0.4, 0.5) is 11.4 Å². The number of amides is 1. The molecule has 7 nitrogen and oxygen atoms in total. The molecule has 0 unspecified atom stereocenters. The summed E-state index contributed by atoms with van der Waals surface area (Å²) in [5, 5.41) is 10.6. The van der Waals surface area contributed by atoms with Gasteiger partial charge in [-0.1, -0.05) is 0 Å². The molecule has 0 fully saturated rings. The maximum absolute atomic E-state index is 11.2. The van der Waals surface area contributed by atoms with Gasteiger partial charge >= 0.3 is 0 Å². The van der Waals surface area contributed by atoms with Crippen LogP contribution in [-0.2, 0) is 4.79 Å². The van der Waals surface area contributed by atoms with E-state index in [0.717, 1.165) is 0 Å². The van der Waals surface area contributed by atoms with E-state index >= 15 is 0 Å². The van der Waals surface area contributed by atoms with Crippen LogP contribution < -0.4 is 16.8 Å². The molecule has 2 rings (SSSR count).